The highest BCUT2D eigenvalue weighted by molar-refractivity contribution is 5.95. The van der Waals surface area contributed by atoms with Gasteiger partial charge in [0.2, 0.25) is 0 Å². The highest BCUT2D eigenvalue weighted by atomic mass is 16.5. The zero-order valence-corrected chi connectivity index (χ0v) is 12.4. The lowest BCUT2D eigenvalue weighted by molar-refractivity contribution is 0.0778. The van der Waals surface area contributed by atoms with Gasteiger partial charge in [-0.1, -0.05) is 17.9 Å². The van der Waals surface area contributed by atoms with Gasteiger partial charge in [0.1, 0.15) is 0 Å². The molecule has 0 aromatic heterocycles. The highest BCUT2D eigenvalue weighted by Crippen LogP contribution is 2.13. The van der Waals surface area contributed by atoms with Crippen LogP contribution in [0.3, 0.4) is 0 Å². The molecule has 0 heterocycles. The van der Waals surface area contributed by atoms with Crippen LogP contribution in [0.1, 0.15) is 27.9 Å². The van der Waals surface area contributed by atoms with Gasteiger partial charge in [-0.25, -0.2) is 0 Å². The second-order valence-corrected chi connectivity index (χ2v) is 4.61. The van der Waals surface area contributed by atoms with Crippen LogP contribution < -0.4 is 5.73 Å². The summed E-state index contributed by atoms with van der Waals surface area (Å²) in [6.07, 6.45) is 0.824. The number of hydrogen-bond acceptors (Lipinski definition) is 3. The fourth-order valence-corrected chi connectivity index (χ4v) is 1.84. The van der Waals surface area contributed by atoms with E-state index in [0.717, 1.165) is 17.5 Å². The summed E-state index contributed by atoms with van der Waals surface area (Å²) in [7, 11) is 3.46. The molecule has 2 N–H and O–H groups in total. The van der Waals surface area contributed by atoms with Crippen molar-refractivity contribution >= 4 is 5.91 Å². The van der Waals surface area contributed by atoms with Crippen LogP contribution in [0.25, 0.3) is 0 Å². The maximum Gasteiger partial charge on any atom is 0.253 e. The SMILES string of the molecule is COCCCN(C)C(=O)c1cc(C#CCN)ccc1C. The molecule has 0 aliphatic heterocycles. The van der Waals surface area contributed by atoms with Gasteiger partial charge in [0.15, 0.2) is 0 Å². The van der Waals surface area contributed by atoms with Gasteiger partial charge < -0.3 is 15.4 Å². The maximum atomic E-state index is 12.4. The van der Waals surface area contributed by atoms with Crippen LogP contribution in [0, 0.1) is 18.8 Å². The Morgan fingerprint density at radius 3 is 2.85 bits per heavy atom. The Bertz CT molecular complexity index is 515. The van der Waals surface area contributed by atoms with Gasteiger partial charge in [-0.3, -0.25) is 4.79 Å². The number of nitrogens with two attached hydrogens (primary N) is 1. The van der Waals surface area contributed by atoms with Crippen molar-refractivity contribution in [2.75, 3.05) is 33.9 Å². The molecule has 0 saturated heterocycles. The van der Waals surface area contributed by atoms with Crippen molar-refractivity contribution in [3.05, 3.63) is 34.9 Å². The van der Waals surface area contributed by atoms with Crippen LogP contribution in [0.4, 0.5) is 0 Å². The van der Waals surface area contributed by atoms with Crippen molar-refractivity contribution < 1.29 is 9.53 Å². The first-order valence-electron chi connectivity index (χ1n) is 6.64. The zero-order chi connectivity index (χ0) is 15.0. The lowest BCUT2D eigenvalue weighted by Gasteiger charge is -2.18. The van der Waals surface area contributed by atoms with E-state index in [1.807, 2.05) is 25.1 Å². The Labute approximate surface area is 120 Å². The largest absolute Gasteiger partial charge is 0.385 e. The molecule has 1 aromatic carbocycles. The summed E-state index contributed by atoms with van der Waals surface area (Å²) in [6, 6.07) is 5.64. The van der Waals surface area contributed by atoms with E-state index in [4.69, 9.17) is 10.5 Å². The molecular weight excluding hydrogens is 252 g/mol. The number of aryl methyl sites for hydroxylation is 1. The fourth-order valence-electron chi connectivity index (χ4n) is 1.84. The molecule has 1 amide bonds. The number of amides is 1. The van der Waals surface area contributed by atoms with E-state index in [1.165, 1.54) is 0 Å². The van der Waals surface area contributed by atoms with E-state index in [2.05, 4.69) is 11.8 Å². The van der Waals surface area contributed by atoms with Gasteiger partial charge in [-0.2, -0.15) is 0 Å². The van der Waals surface area contributed by atoms with Crippen LogP contribution in [0.5, 0.6) is 0 Å². The molecule has 1 rings (SSSR count). The molecule has 0 unspecified atom stereocenters. The Balaban J connectivity index is 2.85. The van der Waals surface area contributed by atoms with Crippen molar-refractivity contribution in [2.24, 2.45) is 5.73 Å². The maximum absolute atomic E-state index is 12.4. The van der Waals surface area contributed by atoms with Crippen molar-refractivity contribution in [3.8, 4) is 11.8 Å². The van der Waals surface area contributed by atoms with Gasteiger partial charge >= 0.3 is 0 Å². The first kappa shape index (κ1) is 16.2. The second kappa shape index (κ2) is 8.36. The summed E-state index contributed by atoms with van der Waals surface area (Å²) in [6.45, 7) is 3.56. The van der Waals surface area contributed by atoms with E-state index in [0.29, 0.717) is 25.3 Å². The van der Waals surface area contributed by atoms with Gasteiger partial charge in [-0.05, 0) is 31.0 Å². The topological polar surface area (TPSA) is 55.6 Å². The zero-order valence-electron chi connectivity index (χ0n) is 12.4. The minimum atomic E-state index is 0.00926. The monoisotopic (exact) mass is 274 g/mol. The fraction of sp³-hybridized carbons (Fsp3) is 0.438. The van der Waals surface area contributed by atoms with Crippen molar-refractivity contribution in [1.82, 2.24) is 4.90 Å². The number of rotatable bonds is 5. The van der Waals surface area contributed by atoms with Crippen LogP contribution in [-0.2, 0) is 4.74 Å². The second-order valence-electron chi connectivity index (χ2n) is 4.61. The summed E-state index contributed by atoms with van der Waals surface area (Å²) in [5.74, 6) is 5.76. The van der Waals surface area contributed by atoms with Gasteiger partial charge in [0, 0.05) is 38.4 Å². The third kappa shape index (κ3) is 4.69. The van der Waals surface area contributed by atoms with E-state index in [1.54, 1.807) is 19.1 Å². The average molecular weight is 274 g/mol. The van der Waals surface area contributed by atoms with Gasteiger partial charge in [-0.15, -0.1) is 0 Å². The summed E-state index contributed by atoms with van der Waals surface area (Å²) in [5.41, 5.74) is 7.81. The van der Waals surface area contributed by atoms with Gasteiger partial charge in [0.05, 0.1) is 6.54 Å². The Hall–Kier alpha value is -1.83. The molecular formula is C16H22N2O2. The molecule has 0 aliphatic carbocycles. The number of ether oxygens (including phenoxy) is 1. The number of benzene rings is 1. The lowest BCUT2D eigenvalue weighted by Crippen LogP contribution is -2.29. The molecule has 0 spiro atoms. The van der Waals surface area contributed by atoms with Crippen molar-refractivity contribution in [1.29, 1.82) is 0 Å². The normalized spacial score (nSPS) is 9.80. The standard InChI is InChI=1S/C16H22N2O2/c1-13-7-8-14(6-4-9-17)12-15(13)16(19)18(2)10-5-11-20-3/h7-8,12H,5,9-11,17H2,1-3H3. The van der Waals surface area contributed by atoms with E-state index in [-0.39, 0.29) is 5.91 Å². The smallest absolute Gasteiger partial charge is 0.253 e. The predicted octanol–water partition coefficient (Wildman–Crippen LogP) is 1.41. The Morgan fingerprint density at radius 1 is 1.45 bits per heavy atom. The molecule has 4 nitrogen and oxygen atoms in total. The average Bonchev–Trinajstić information content (AvgIpc) is 2.45. The number of carbonyl (C=O) groups excluding carboxylic acids is 1. The molecule has 0 saturated carbocycles. The molecule has 20 heavy (non-hydrogen) atoms. The molecule has 0 bridgehead atoms. The number of nitrogens with zero attached hydrogens (tertiary/aromatic N) is 1. The van der Waals surface area contributed by atoms with Crippen LogP contribution in [0.2, 0.25) is 0 Å². The first-order valence-corrected chi connectivity index (χ1v) is 6.64. The number of carbonyl (C=O) groups is 1. The van der Waals surface area contributed by atoms with E-state index >= 15 is 0 Å². The summed E-state index contributed by atoms with van der Waals surface area (Å²) in [4.78, 5) is 14.1. The van der Waals surface area contributed by atoms with Crippen molar-refractivity contribution in [3.63, 3.8) is 0 Å². The molecule has 0 fully saturated rings. The molecule has 108 valence electrons. The summed E-state index contributed by atoms with van der Waals surface area (Å²) in [5, 5.41) is 0. The third-order valence-corrected chi connectivity index (χ3v) is 2.99. The van der Waals surface area contributed by atoms with Gasteiger partial charge in [0.25, 0.3) is 5.91 Å². The Morgan fingerprint density at radius 2 is 2.20 bits per heavy atom. The minimum Gasteiger partial charge on any atom is -0.385 e. The predicted molar refractivity (Wildman–Crippen MR) is 80.6 cm³/mol. The van der Waals surface area contributed by atoms with Crippen LogP contribution in [0.15, 0.2) is 18.2 Å². The summed E-state index contributed by atoms with van der Waals surface area (Å²) < 4.78 is 5.00. The van der Waals surface area contributed by atoms with Crippen LogP contribution >= 0.6 is 0 Å². The van der Waals surface area contributed by atoms with E-state index < -0.39 is 0 Å². The van der Waals surface area contributed by atoms with Crippen LogP contribution in [-0.4, -0.2) is 44.7 Å². The van der Waals surface area contributed by atoms with E-state index in [9.17, 15) is 4.79 Å². The highest BCUT2D eigenvalue weighted by Gasteiger charge is 2.14. The van der Waals surface area contributed by atoms with Crippen molar-refractivity contribution in [2.45, 2.75) is 13.3 Å². The molecule has 1 aromatic rings. The minimum absolute atomic E-state index is 0.00926. The first-order chi connectivity index (χ1) is 9.60. The molecule has 0 aliphatic rings. The number of methoxy groups -OCH3 is 1. The third-order valence-electron chi connectivity index (χ3n) is 2.99. The molecule has 0 radical (unpaired) electrons. The lowest BCUT2D eigenvalue weighted by atomic mass is 10.0. The summed E-state index contributed by atoms with van der Waals surface area (Å²) >= 11 is 0. The Kier molecular flexibility index (Phi) is 6.78. The quantitative estimate of drug-likeness (QED) is 0.652. The molecule has 0 atom stereocenters. The molecule has 4 heteroatoms. The number of hydrogen-bond donors (Lipinski definition) is 1.